The Morgan fingerprint density at radius 2 is 1.14 bits per heavy atom. The molecule has 0 aliphatic heterocycles. The van der Waals surface area contributed by atoms with E-state index in [1.165, 1.54) is 11.3 Å². The van der Waals surface area contributed by atoms with E-state index in [1.807, 2.05) is 97.1 Å². The van der Waals surface area contributed by atoms with Crippen LogP contribution >= 0.6 is 22.7 Å². The molecule has 0 spiro atoms. The number of aliphatic hydroxyl groups excluding tert-OH is 2. The first-order valence-corrected chi connectivity index (χ1v) is 13.3. The number of hydrogen-bond donors (Lipinski definition) is 2. The molecule has 3 aromatic carbocycles. The number of benzene rings is 3. The zero-order chi connectivity index (χ0) is 25.6. The molecule has 5 rings (SSSR count). The number of anilines is 3. The third-order valence-corrected chi connectivity index (χ3v) is 8.01. The normalized spacial score (nSPS) is 10.5. The van der Waals surface area contributed by atoms with Gasteiger partial charge in [-0.2, -0.15) is 0 Å². The molecule has 37 heavy (non-hydrogen) atoms. The van der Waals surface area contributed by atoms with Crippen LogP contribution in [-0.4, -0.2) is 16.5 Å². The van der Waals surface area contributed by atoms with Crippen LogP contribution in [0.5, 0.6) is 0 Å². The van der Waals surface area contributed by atoms with Crippen LogP contribution in [0.1, 0.15) is 31.2 Å². The van der Waals surface area contributed by atoms with Crippen LogP contribution < -0.4 is 4.90 Å². The van der Waals surface area contributed by atoms with E-state index in [2.05, 4.69) is 16.7 Å². The van der Waals surface area contributed by atoms with Crippen molar-refractivity contribution in [1.29, 1.82) is 0 Å². The molecular formula is C31H23NO3S2. The number of rotatable bonds is 7. The van der Waals surface area contributed by atoms with Crippen molar-refractivity contribution in [3.05, 3.63) is 124 Å². The summed E-state index contributed by atoms with van der Waals surface area (Å²) in [4.78, 5) is 17.0. The van der Waals surface area contributed by atoms with Gasteiger partial charge in [0.25, 0.3) is 0 Å². The van der Waals surface area contributed by atoms with Crippen LogP contribution in [0, 0.1) is 11.8 Å². The molecule has 4 nitrogen and oxygen atoms in total. The number of thiophene rings is 2. The van der Waals surface area contributed by atoms with Crippen molar-refractivity contribution in [3.63, 3.8) is 0 Å². The Morgan fingerprint density at radius 1 is 0.622 bits per heavy atom. The molecule has 182 valence electrons. The molecule has 0 aliphatic rings. The van der Waals surface area contributed by atoms with Gasteiger partial charge in [-0.1, -0.05) is 36.1 Å². The minimum absolute atomic E-state index is 0.00230. The van der Waals surface area contributed by atoms with Crippen molar-refractivity contribution in [1.82, 2.24) is 0 Å². The number of aliphatic hydroxyl groups is 2. The Labute approximate surface area is 223 Å². The van der Waals surface area contributed by atoms with Gasteiger partial charge in [0, 0.05) is 32.4 Å². The monoisotopic (exact) mass is 521 g/mol. The minimum atomic E-state index is -0.00230. The minimum Gasteiger partial charge on any atom is -0.392 e. The van der Waals surface area contributed by atoms with E-state index in [4.69, 9.17) is 0 Å². The topological polar surface area (TPSA) is 60.8 Å². The van der Waals surface area contributed by atoms with Crippen molar-refractivity contribution in [2.24, 2.45) is 0 Å². The Morgan fingerprint density at radius 3 is 1.65 bits per heavy atom. The number of carbonyl (C=O) groups is 1. The molecule has 0 unspecified atom stereocenters. The predicted molar refractivity (Wildman–Crippen MR) is 152 cm³/mol. The summed E-state index contributed by atoms with van der Waals surface area (Å²) in [6.45, 7) is -0.00460. The molecule has 6 heteroatoms. The van der Waals surface area contributed by atoms with Crippen molar-refractivity contribution >= 4 is 46.0 Å². The summed E-state index contributed by atoms with van der Waals surface area (Å²) < 4.78 is 0. The third-order valence-electron chi connectivity index (χ3n) is 5.80. The van der Waals surface area contributed by atoms with E-state index in [9.17, 15) is 15.0 Å². The summed E-state index contributed by atoms with van der Waals surface area (Å²) >= 11 is 3.10. The van der Waals surface area contributed by atoms with Crippen molar-refractivity contribution < 1.29 is 15.0 Å². The molecule has 2 aromatic heterocycles. The first kappa shape index (κ1) is 24.7. The van der Waals surface area contributed by atoms with Gasteiger partial charge < -0.3 is 15.1 Å². The lowest BCUT2D eigenvalue weighted by Gasteiger charge is -2.26. The molecule has 0 saturated heterocycles. The fourth-order valence-electron chi connectivity index (χ4n) is 3.86. The van der Waals surface area contributed by atoms with Crippen LogP contribution in [0.3, 0.4) is 0 Å². The van der Waals surface area contributed by atoms with Crippen molar-refractivity contribution in [2.45, 2.75) is 13.2 Å². The predicted octanol–water partition coefficient (Wildman–Crippen LogP) is 7.14. The van der Waals surface area contributed by atoms with Gasteiger partial charge in [-0.25, -0.2) is 0 Å². The lowest BCUT2D eigenvalue weighted by atomic mass is 10.1. The second kappa shape index (κ2) is 11.4. The standard InChI is InChI=1S/C31H23NO3S2/c33-19-23-3-10-26(11-4-23)32(27-12-5-24(20-34)6-13-27)25-8-1-22(2-9-25)7-14-28-15-17-30(36-28)31-18-16-29(21-35)37-31/h1-6,8-13,15-18,21,33-34H,19-20H2. The molecule has 0 amide bonds. The van der Waals surface area contributed by atoms with E-state index in [0.717, 1.165) is 59.5 Å². The van der Waals surface area contributed by atoms with Crippen LogP contribution in [0.2, 0.25) is 0 Å². The smallest absolute Gasteiger partial charge is 0.160 e. The van der Waals surface area contributed by atoms with E-state index in [-0.39, 0.29) is 13.2 Å². The van der Waals surface area contributed by atoms with Crippen LogP contribution in [-0.2, 0) is 13.2 Å². The quantitative estimate of drug-likeness (QED) is 0.176. The maximum Gasteiger partial charge on any atom is 0.160 e. The average molecular weight is 522 g/mol. The maximum atomic E-state index is 11.0. The van der Waals surface area contributed by atoms with Crippen LogP contribution in [0.15, 0.2) is 97.1 Å². The van der Waals surface area contributed by atoms with Crippen molar-refractivity contribution in [2.75, 3.05) is 4.90 Å². The highest BCUT2D eigenvalue weighted by atomic mass is 32.1. The van der Waals surface area contributed by atoms with Gasteiger partial charge in [0.2, 0.25) is 0 Å². The summed E-state index contributed by atoms with van der Waals surface area (Å²) in [7, 11) is 0. The fourth-order valence-corrected chi connectivity index (χ4v) is 5.63. The third kappa shape index (κ3) is 5.72. The second-order valence-corrected chi connectivity index (χ2v) is 10.5. The van der Waals surface area contributed by atoms with E-state index >= 15 is 0 Å². The molecule has 0 radical (unpaired) electrons. The van der Waals surface area contributed by atoms with Gasteiger partial charge in [0.15, 0.2) is 6.29 Å². The highest BCUT2D eigenvalue weighted by Gasteiger charge is 2.12. The Bertz CT molecular complexity index is 1510. The zero-order valence-corrected chi connectivity index (χ0v) is 21.4. The van der Waals surface area contributed by atoms with E-state index in [0.29, 0.717) is 0 Å². The van der Waals surface area contributed by atoms with Gasteiger partial charge in [0.05, 0.1) is 23.0 Å². The number of carbonyl (C=O) groups excluding carboxylic acids is 1. The zero-order valence-electron chi connectivity index (χ0n) is 19.8. The number of nitrogens with zero attached hydrogens (tertiary/aromatic N) is 1. The largest absolute Gasteiger partial charge is 0.392 e. The van der Waals surface area contributed by atoms with E-state index < -0.39 is 0 Å². The van der Waals surface area contributed by atoms with E-state index in [1.54, 1.807) is 11.3 Å². The van der Waals surface area contributed by atoms with Gasteiger partial charge in [-0.15, -0.1) is 22.7 Å². The SMILES string of the molecule is O=Cc1ccc(-c2ccc(C#Cc3ccc(N(c4ccc(CO)cc4)c4ccc(CO)cc4)cc3)s2)s1. The molecule has 0 saturated carbocycles. The number of hydrogen-bond acceptors (Lipinski definition) is 6. The highest BCUT2D eigenvalue weighted by molar-refractivity contribution is 7.23. The summed E-state index contributed by atoms with van der Waals surface area (Å²) in [6.07, 6.45) is 0.877. The average Bonchev–Trinajstić information content (AvgIpc) is 3.63. The Balaban J connectivity index is 1.40. The molecule has 0 bridgehead atoms. The summed E-state index contributed by atoms with van der Waals surface area (Å²) in [5.74, 6) is 6.50. The molecule has 5 aromatic rings. The lowest BCUT2D eigenvalue weighted by molar-refractivity contribution is 0.112. The molecule has 2 N–H and O–H groups in total. The van der Waals surface area contributed by atoms with Crippen LogP contribution in [0.25, 0.3) is 9.75 Å². The lowest BCUT2D eigenvalue weighted by Crippen LogP contribution is -2.10. The molecule has 0 aliphatic carbocycles. The van der Waals surface area contributed by atoms with Crippen molar-refractivity contribution in [3.8, 4) is 21.6 Å². The Hall–Kier alpha value is -3.99. The summed E-state index contributed by atoms with van der Waals surface area (Å²) in [5.41, 5.74) is 5.51. The molecule has 2 heterocycles. The molecular weight excluding hydrogens is 498 g/mol. The van der Waals surface area contributed by atoms with Crippen LogP contribution in [0.4, 0.5) is 17.1 Å². The van der Waals surface area contributed by atoms with Gasteiger partial charge in [0.1, 0.15) is 0 Å². The summed E-state index contributed by atoms with van der Waals surface area (Å²) in [6, 6.07) is 31.5. The molecule has 0 atom stereocenters. The first-order chi connectivity index (χ1) is 18.2. The Kier molecular flexibility index (Phi) is 7.59. The maximum absolute atomic E-state index is 11.0. The second-order valence-electron chi connectivity index (χ2n) is 8.27. The first-order valence-electron chi connectivity index (χ1n) is 11.6. The van der Waals surface area contributed by atoms with Gasteiger partial charge in [-0.05, 0) is 83.9 Å². The summed E-state index contributed by atoms with van der Waals surface area (Å²) in [5, 5.41) is 18.9. The number of aldehydes is 1. The van der Waals surface area contributed by atoms with Gasteiger partial charge >= 0.3 is 0 Å². The van der Waals surface area contributed by atoms with Gasteiger partial charge in [-0.3, -0.25) is 4.79 Å². The molecule has 0 fully saturated rings. The highest BCUT2D eigenvalue weighted by Crippen LogP contribution is 2.35. The fraction of sp³-hybridized carbons (Fsp3) is 0.0645.